The lowest BCUT2D eigenvalue weighted by Crippen LogP contribution is -2.13. The minimum absolute atomic E-state index is 0.0500. The maximum Gasteiger partial charge on any atom is 0.339 e. The van der Waals surface area contributed by atoms with Gasteiger partial charge in [-0.1, -0.05) is 24.3 Å². The zero-order valence-electron chi connectivity index (χ0n) is 14.7. The van der Waals surface area contributed by atoms with Crippen molar-refractivity contribution >= 4 is 61.4 Å². The Morgan fingerprint density at radius 1 is 1.07 bits per heavy atom. The summed E-state index contributed by atoms with van der Waals surface area (Å²) in [5.74, 6) is -1.48. The number of carbonyl (C=O) groups is 2. The number of para-hydroxylation sites is 1. The number of rotatable bonds is 4. The minimum Gasteiger partial charge on any atom is -0.478 e. The third kappa shape index (κ3) is 3.08. The molecule has 0 saturated carbocycles. The summed E-state index contributed by atoms with van der Waals surface area (Å²) in [6.45, 7) is 0. The largest absolute Gasteiger partial charge is 0.478 e. The normalized spacial score (nSPS) is 11.2. The molecule has 5 aromatic rings. The molecule has 0 atom stereocenters. The highest BCUT2D eigenvalue weighted by molar-refractivity contribution is 7.16. The molecule has 8 heteroatoms. The number of thiazole rings is 1. The van der Waals surface area contributed by atoms with E-state index < -0.39 is 11.9 Å². The molecule has 29 heavy (non-hydrogen) atoms. The van der Waals surface area contributed by atoms with Crippen LogP contribution in [-0.2, 0) is 0 Å². The standard InChI is InChI=1S/C21H12N2O4S2/c24-20(16-8-11-3-1-2-4-15(11)27-16)23-14-9-28-19(18(14)21(25)26)12-5-6-17-13(7-12)22-10-29-17/h1-10H,(H,23,24)(H,25,26). The van der Waals surface area contributed by atoms with Gasteiger partial charge in [0.05, 0.1) is 26.3 Å². The lowest BCUT2D eigenvalue weighted by Gasteiger charge is -2.05. The van der Waals surface area contributed by atoms with E-state index in [-0.39, 0.29) is 17.0 Å². The SMILES string of the molecule is O=C(Nc1csc(-c2ccc3scnc3c2)c1C(=O)O)c1cc2ccccc2o1. The summed E-state index contributed by atoms with van der Waals surface area (Å²) in [4.78, 5) is 29.5. The van der Waals surface area contributed by atoms with Crippen molar-refractivity contribution in [2.75, 3.05) is 5.32 Å². The van der Waals surface area contributed by atoms with Gasteiger partial charge in [0.2, 0.25) is 0 Å². The van der Waals surface area contributed by atoms with Gasteiger partial charge < -0.3 is 14.8 Å². The molecule has 0 radical (unpaired) electrons. The second kappa shape index (κ2) is 6.84. The van der Waals surface area contributed by atoms with Crippen molar-refractivity contribution in [2.45, 2.75) is 0 Å². The first-order valence-corrected chi connectivity index (χ1v) is 10.3. The lowest BCUT2D eigenvalue weighted by atomic mass is 10.1. The third-order valence-electron chi connectivity index (χ3n) is 4.49. The van der Waals surface area contributed by atoms with Crippen molar-refractivity contribution in [3.05, 3.63) is 70.7 Å². The molecule has 5 rings (SSSR count). The monoisotopic (exact) mass is 420 g/mol. The van der Waals surface area contributed by atoms with Gasteiger partial charge in [-0.05, 0) is 29.8 Å². The number of nitrogens with zero attached hydrogens (tertiary/aromatic N) is 1. The average Bonchev–Trinajstić information content (AvgIpc) is 3.44. The topological polar surface area (TPSA) is 92.4 Å². The van der Waals surface area contributed by atoms with E-state index in [1.807, 2.05) is 36.4 Å². The van der Waals surface area contributed by atoms with Crippen molar-refractivity contribution in [3.8, 4) is 10.4 Å². The first-order chi connectivity index (χ1) is 14.1. The van der Waals surface area contributed by atoms with Crippen LogP contribution < -0.4 is 5.32 Å². The molecule has 2 N–H and O–H groups in total. The van der Waals surface area contributed by atoms with Gasteiger partial charge in [0.1, 0.15) is 11.1 Å². The molecule has 3 heterocycles. The van der Waals surface area contributed by atoms with Crippen LogP contribution in [0.2, 0.25) is 0 Å². The number of carbonyl (C=O) groups excluding carboxylic acids is 1. The van der Waals surface area contributed by atoms with Crippen molar-refractivity contribution < 1.29 is 19.1 Å². The van der Waals surface area contributed by atoms with E-state index in [1.54, 1.807) is 23.0 Å². The molecule has 0 spiro atoms. The Labute approximate surface area is 172 Å². The number of anilines is 1. The zero-order valence-corrected chi connectivity index (χ0v) is 16.3. The van der Waals surface area contributed by atoms with Crippen molar-refractivity contribution in [3.63, 3.8) is 0 Å². The molecule has 3 aromatic heterocycles. The second-order valence-electron chi connectivity index (χ2n) is 6.30. The van der Waals surface area contributed by atoms with E-state index in [1.165, 1.54) is 22.7 Å². The molecular formula is C21H12N2O4S2. The smallest absolute Gasteiger partial charge is 0.339 e. The van der Waals surface area contributed by atoms with E-state index in [4.69, 9.17) is 4.42 Å². The van der Waals surface area contributed by atoms with E-state index in [0.717, 1.165) is 21.2 Å². The molecule has 0 aliphatic heterocycles. The van der Waals surface area contributed by atoms with Gasteiger partial charge in [-0.3, -0.25) is 4.79 Å². The number of aromatic carboxylic acids is 1. The summed E-state index contributed by atoms with van der Waals surface area (Å²) in [5, 5.41) is 14.9. The maximum atomic E-state index is 12.6. The van der Waals surface area contributed by atoms with E-state index in [2.05, 4.69) is 10.3 Å². The van der Waals surface area contributed by atoms with Gasteiger partial charge >= 0.3 is 5.97 Å². The Bertz CT molecular complexity index is 1360. The number of thiophene rings is 1. The maximum absolute atomic E-state index is 12.6. The van der Waals surface area contributed by atoms with Crippen molar-refractivity contribution in [1.29, 1.82) is 0 Å². The number of hydrogen-bond donors (Lipinski definition) is 2. The molecule has 0 aliphatic carbocycles. The number of nitrogens with one attached hydrogen (secondary N) is 1. The van der Waals surface area contributed by atoms with Crippen LogP contribution in [0.3, 0.4) is 0 Å². The van der Waals surface area contributed by atoms with Gasteiger partial charge in [0, 0.05) is 10.8 Å². The van der Waals surface area contributed by atoms with Gasteiger partial charge in [0.15, 0.2) is 5.76 Å². The molecule has 0 aliphatic rings. The number of carboxylic acid groups (broad SMARTS) is 1. The summed E-state index contributed by atoms with van der Waals surface area (Å²) in [5.41, 5.74) is 4.19. The first-order valence-electron chi connectivity index (χ1n) is 8.58. The fourth-order valence-electron chi connectivity index (χ4n) is 3.15. The van der Waals surface area contributed by atoms with Gasteiger partial charge in [0.25, 0.3) is 5.91 Å². The van der Waals surface area contributed by atoms with Crippen molar-refractivity contribution in [2.24, 2.45) is 0 Å². The zero-order chi connectivity index (χ0) is 20.0. The summed E-state index contributed by atoms with van der Waals surface area (Å²) >= 11 is 2.78. The second-order valence-corrected chi connectivity index (χ2v) is 8.06. The molecule has 0 fully saturated rings. The highest BCUT2D eigenvalue weighted by atomic mass is 32.1. The summed E-state index contributed by atoms with van der Waals surface area (Å²) in [7, 11) is 0. The third-order valence-corrected chi connectivity index (χ3v) is 6.33. The molecule has 1 amide bonds. The summed E-state index contributed by atoms with van der Waals surface area (Å²) in [6.07, 6.45) is 0. The van der Waals surface area contributed by atoms with E-state index >= 15 is 0 Å². The fraction of sp³-hybridized carbons (Fsp3) is 0. The summed E-state index contributed by atoms with van der Waals surface area (Å²) < 4.78 is 6.60. The molecule has 6 nitrogen and oxygen atoms in total. The quantitative estimate of drug-likeness (QED) is 0.388. The number of benzene rings is 2. The van der Waals surface area contributed by atoms with Crippen molar-refractivity contribution in [1.82, 2.24) is 4.98 Å². The number of carboxylic acids is 1. The Morgan fingerprint density at radius 2 is 1.93 bits per heavy atom. The number of aromatic nitrogens is 1. The fourth-order valence-corrected chi connectivity index (χ4v) is 4.80. The summed E-state index contributed by atoms with van der Waals surface area (Å²) in [6, 6.07) is 14.6. The Hall–Kier alpha value is -3.49. The van der Waals surface area contributed by atoms with Crippen LogP contribution in [0, 0.1) is 0 Å². The molecule has 142 valence electrons. The number of furan rings is 1. The van der Waals surface area contributed by atoms with Crippen LogP contribution in [0.5, 0.6) is 0 Å². The predicted octanol–water partition coefficient (Wildman–Crippen LogP) is 5.72. The van der Waals surface area contributed by atoms with Crippen LogP contribution in [0.25, 0.3) is 31.6 Å². The average molecular weight is 420 g/mol. The first kappa shape index (κ1) is 17.6. The highest BCUT2D eigenvalue weighted by Gasteiger charge is 2.23. The van der Waals surface area contributed by atoms with Gasteiger partial charge in [-0.25, -0.2) is 9.78 Å². The predicted molar refractivity (Wildman–Crippen MR) is 114 cm³/mol. The molecule has 2 aromatic carbocycles. The Morgan fingerprint density at radius 3 is 2.76 bits per heavy atom. The number of amides is 1. The van der Waals surface area contributed by atoms with Crippen LogP contribution in [-0.4, -0.2) is 22.0 Å². The highest BCUT2D eigenvalue weighted by Crippen LogP contribution is 2.38. The van der Waals surface area contributed by atoms with E-state index in [9.17, 15) is 14.7 Å². The molecule has 0 saturated heterocycles. The molecule has 0 bridgehead atoms. The lowest BCUT2D eigenvalue weighted by molar-refractivity contribution is 0.0699. The van der Waals surface area contributed by atoms with Crippen LogP contribution in [0.1, 0.15) is 20.9 Å². The van der Waals surface area contributed by atoms with Crippen LogP contribution >= 0.6 is 22.7 Å². The molecule has 0 unspecified atom stereocenters. The molecular weight excluding hydrogens is 408 g/mol. The van der Waals surface area contributed by atoms with Crippen LogP contribution in [0.15, 0.2) is 63.8 Å². The number of fused-ring (bicyclic) bond motifs is 2. The minimum atomic E-state index is -1.11. The van der Waals surface area contributed by atoms with Crippen LogP contribution in [0.4, 0.5) is 5.69 Å². The number of hydrogen-bond acceptors (Lipinski definition) is 6. The Kier molecular flexibility index (Phi) is 4.15. The Balaban J connectivity index is 1.51. The van der Waals surface area contributed by atoms with Gasteiger partial charge in [-0.15, -0.1) is 22.7 Å². The van der Waals surface area contributed by atoms with Gasteiger partial charge in [-0.2, -0.15) is 0 Å². The van der Waals surface area contributed by atoms with E-state index in [0.29, 0.717) is 10.5 Å².